The van der Waals surface area contributed by atoms with Gasteiger partial charge in [-0.3, -0.25) is 4.79 Å². The lowest BCUT2D eigenvalue weighted by Crippen LogP contribution is -2.12. The molecule has 0 bridgehead atoms. The summed E-state index contributed by atoms with van der Waals surface area (Å²) in [6, 6.07) is 6.05. The maximum Gasteiger partial charge on any atom is 0.335 e. The summed E-state index contributed by atoms with van der Waals surface area (Å²) in [5, 5.41) is 11.6. The summed E-state index contributed by atoms with van der Waals surface area (Å²) in [6.45, 7) is 1.72. The number of rotatable bonds is 4. The molecule has 1 aromatic carbocycles. The number of oxazole rings is 1. The first-order valence-electron chi connectivity index (χ1n) is 6.66. The zero-order valence-corrected chi connectivity index (χ0v) is 11.4. The maximum absolute atomic E-state index is 12.2. The molecule has 0 saturated heterocycles. The maximum atomic E-state index is 12.2. The molecule has 1 amide bonds. The largest absolute Gasteiger partial charge is 0.478 e. The van der Waals surface area contributed by atoms with Gasteiger partial charge in [-0.15, -0.1) is 0 Å². The molecule has 2 aromatic rings. The molecule has 1 fully saturated rings. The van der Waals surface area contributed by atoms with Crippen molar-refractivity contribution in [3.05, 3.63) is 47.2 Å². The topological polar surface area (TPSA) is 92.4 Å². The molecule has 1 aliphatic rings. The van der Waals surface area contributed by atoms with Crippen LogP contribution in [-0.2, 0) is 0 Å². The summed E-state index contributed by atoms with van der Waals surface area (Å²) < 4.78 is 5.51. The van der Waals surface area contributed by atoms with Gasteiger partial charge in [0.15, 0.2) is 5.89 Å². The molecule has 3 rings (SSSR count). The van der Waals surface area contributed by atoms with E-state index in [0.29, 0.717) is 23.2 Å². The molecule has 1 aromatic heterocycles. The van der Waals surface area contributed by atoms with Crippen LogP contribution in [0.3, 0.4) is 0 Å². The zero-order valence-electron chi connectivity index (χ0n) is 11.4. The predicted molar refractivity (Wildman–Crippen MR) is 74.6 cm³/mol. The number of aromatic nitrogens is 1. The highest BCUT2D eigenvalue weighted by molar-refractivity contribution is 6.03. The van der Waals surface area contributed by atoms with Crippen molar-refractivity contribution >= 4 is 17.6 Å². The first-order valence-corrected chi connectivity index (χ1v) is 6.66. The van der Waals surface area contributed by atoms with Crippen molar-refractivity contribution in [2.45, 2.75) is 25.7 Å². The van der Waals surface area contributed by atoms with E-state index in [1.807, 2.05) is 0 Å². The number of carbonyl (C=O) groups is 2. The first-order chi connectivity index (χ1) is 10.0. The number of aryl methyl sites for hydroxylation is 1. The molecule has 0 aliphatic heterocycles. The van der Waals surface area contributed by atoms with E-state index in [4.69, 9.17) is 9.52 Å². The third kappa shape index (κ3) is 2.79. The van der Waals surface area contributed by atoms with Gasteiger partial charge in [0, 0.05) is 11.6 Å². The minimum Gasteiger partial charge on any atom is -0.478 e. The third-order valence-corrected chi connectivity index (χ3v) is 3.31. The Kier molecular flexibility index (Phi) is 3.21. The van der Waals surface area contributed by atoms with Gasteiger partial charge in [-0.2, -0.15) is 0 Å². The van der Waals surface area contributed by atoms with Gasteiger partial charge < -0.3 is 14.8 Å². The number of carbonyl (C=O) groups excluding carboxylic acids is 1. The predicted octanol–water partition coefficient (Wildman–Crippen LogP) is 2.81. The smallest absolute Gasteiger partial charge is 0.335 e. The van der Waals surface area contributed by atoms with Gasteiger partial charge in [0.2, 0.25) is 5.76 Å². The van der Waals surface area contributed by atoms with E-state index in [-0.39, 0.29) is 11.3 Å². The molecular weight excluding hydrogens is 272 g/mol. The Labute approximate surface area is 120 Å². The lowest BCUT2D eigenvalue weighted by molar-refractivity contribution is 0.0696. The van der Waals surface area contributed by atoms with Crippen molar-refractivity contribution in [1.82, 2.24) is 4.98 Å². The monoisotopic (exact) mass is 286 g/mol. The van der Waals surface area contributed by atoms with Crippen LogP contribution < -0.4 is 5.32 Å². The van der Waals surface area contributed by atoms with Gasteiger partial charge in [-0.1, -0.05) is 6.07 Å². The third-order valence-electron chi connectivity index (χ3n) is 3.31. The average molecular weight is 286 g/mol. The lowest BCUT2D eigenvalue weighted by Gasteiger charge is -2.04. The highest BCUT2D eigenvalue weighted by Crippen LogP contribution is 2.40. The van der Waals surface area contributed by atoms with Crippen LogP contribution >= 0.6 is 0 Å². The Hall–Kier alpha value is -2.63. The number of hydrogen-bond acceptors (Lipinski definition) is 4. The second-order valence-electron chi connectivity index (χ2n) is 5.08. The highest BCUT2D eigenvalue weighted by Gasteiger charge is 2.30. The second-order valence-corrected chi connectivity index (χ2v) is 5.08. The summed E-state index contributed by atoms with van der Waals surface area (Å²) in [7, 11) is 0. The number of carboxylic acids is 1. The van der Waals surface area contributed by atoms with Crippen molar-refractivity contribution in [3.8, 4) is 0 Å². The van der Waals surface area contributed by atoms with E-state index in [1.165, 1.54) is 12.1 Å². The number of hydrogen-bond donors (Lipinski definition) is 2. The molecule has 1 aliphatic carbocycles. The quantitative estimate of drug-likeness (QED) is 0.901. The standard InChI is InChI=1S/C15H14N2O4/c1-8-12(21-14(16-8)9-5-6-9)13(18)17-11-4-2-3-10(7-11)15(19)20/h2-4,7,9H,5-6H2,1H3,(H,17,18)(H,19,20). The Morgan fingerprint density at radius 2 is 2.14 bits per heavy atom. The number of amides is 1. The number of carboxylic acid groups (broad SMARTS) is 1. The molecule has 2 N–H and O–H groups in total. The number of benzene rings is 1. The molecule has 0 radical (unpaired) electrons. The van der Waals surface area contributed by atoms with Crippen LogP contribution in [0.2, 0.25) is 0 Å². The second kappa shape index (κ2) is 5.05. The van der Waals surface area contributed by atoms with E-state index >= 15 is 0 Å². The average Bonchev–Trinajstić information content (AvgIpc) is 3.22. The molecule has 6 heteroatoms. The van der Waals surface area contributed by atoms with Crippen LogP contribution in [0, 0.1) is 6.92 Å². The van der Waals surface area contributed by atoms with Gasteiger partial charge in [-0.25, -0.2) is 9.78 Å². The van der Waals surface area contributed by atoms with E-state index in [1.54, 1.807) is 19.1 Å². The minimum atomic E-state index is -1.04. The SMILES string of the molecule is Cc1nc(C2CC2)oc1C(=O)Nc1cccc(C(=O)O)c1. The van der Waals surface area contributed by atoms with Crippen molar-refractivity contribution in [2.75, 3.05) is 5.32 Å². The molecule has 0 atom stereocenters. The fourth-order valence-electron chi connectivity index (χ4n) is 2.05. The summed E-state index contributed by atoms with van der Waals surface area (Å²) >= 11 is 0. The van der Waals surface area contributed by atoms with E-state index in [2.05, 4.69) is 10.3 Å². The highest BCUT2D eigenvalue weighted by atomic mass is 16.4. The van der Waals surface area contributed by atoms with Crippen molar-refractivity contribution in [2.24, 2.45) is 0 Å². The van der Waals surface area contributed by atoms with E-state index < -0.39 is 11.9 Å². The Bertz CT molecular complexity index is 716. The van der Waals surface area contributed by atoms with Gasteiger partial charge in [-0.05, 0) is 38.0 Å². The summed E-state index contributed by atoms with van der Waals surface area (Å²) in [5.74, 6) is -0.345. The first kappa shape index (κ1) is 13.4. The number of aromatic carboxylic acids is 1. The van der Waals surface area contributed by atoms with Crippen LogP contribution in [0.25, 0.3) is 0 Å². The fraction of sp³-hybridized carbons (Fsp3) is 0.267. The minimum absolute atomic E-state index is 0.112. The molecule has 108 valence electrons. The van der Waals surface area contributed by atoms with Crippen LogP contribution in [0.4, 0.5) is 5.69 Å². The molecule has 6 nitrogen and oxygen atoms in total. The molecule has 0 spiro atoms. The van der Waals surface area contributed by atoms with Gasteiger partial charge in [0.1, 0.15) is 0 Å². The van der Waals surface area contributed by atoms with Crippen molar-refractivity contribution < 1.29 is 19.1 Å². The van der Waals surface area contributed by atoms with E-state index in [0.717, 1.165) is 12.8 Å². The number of nitrogens with one attached hydrogen (secondary N) is 1. The molecule has 1 saturated carbocycles. The van der Waals surface area contributed by atoms with Crippen molar-refractivity contribution in [1.29, 1.82) is 0 Å². The van der Waals surface area contributed by atoms with Crippen LogP contribution in [0.1, 0.15) is 51.3 Å². The normalized spacial score (nSPS) is 14.0. The van der Waals surface area contributed by atoms with Crippen LogP contribution in [0.5, 0.6) is 0 Å². The summed E-state index contributed by atoms with van der Waals surface area (Å²) in [5.41, 5.74) is 1.06. The van der Waals surface area contributed by atoms with Crippen LogP contribution in [-0.4, -0.2) is 22.0 Å². The Morgan fingerprint density at radius 1 is 1.38 bits per heavy atom. The van der Waals surface area contributed by atoms with E-state index in [9.17, 15) is 9.59 Å². The van der Waals surface area contributed by atoms with Crippen LogP contribution in [0.15, 0.2) is 28.7 Å². The molecular formula is C15H14N2O4. The van der Waals surface area contributed by atoms with Gasteiger partial charge >= 0.3 is 5.97 Å². The number of anilines is 1. The molecule has 0 unspecified atom stereocenters. The zero-order chi connectivity index (χ0) is 15.0. The molecule has 1 heterocycles. The summed E-state index contributed by atoms with van der Waals surface area (Å²) in [6.07, 6.45) is 2.09. The number of nitrogens with zero attached hydrogens (tertiary/aromatic N) is 1. The lowest BCUT2D eigenvalue weighted by atomic mass is 10.2. The Balaban J connectivity index is 1.79. The van der Waals surface area contributed by atoms with Gasteiger partial charge in [0.25, 0.3) is 5.91 Å². The molecule has 21 heavy (non-hydrogen) atoms. The Morgan fingerprint density at radius 3 is 2.81 bits per heavy atom. The summed E-state index contributed by atoms with van der Waals surface area (Å²) in [4.78, 5) is 27.3. The van der Waals surface area contributed by atoms with Gasteiger partial charge in [0.05, 0.1) is 11.3 Å². The van der Waals surface area contributed by atoms with Crippen molar-refractivity contribution in [3.63, 3.8) is 0 Å². The fourth-order valence-corrected chi connectivity index (χ4v) is 2.05.